The van der Waals surface area contributed by atoms with Gasteiger partial charge in [0.2, 0.25) is 5.88 Å². The van der Waals surface area contributed by atoms with Crippen LogP contribution in [0.15, 0.2) is 35.7 Å². The second-order valence-corrected chi connectivity index (χ2v) is 5.80. The molecule has 0 saturated carbocycles. The average Bonchev–Trinajstić information content (AvgIpc) is 3.00. The molecule has 2 heterocycles. The molecule has 0 spiro atoms. The van der Waals surface area contributed by atoms with Gasteiger partial charge in [-0.25, -0.2) is 4.98 Å². The number of aliphatic imine (C=N–C) groups is 1. The molecule has 0 radical (unpaired) electrons. The van der Waals surface area contributed by atoms with Crippen LogP contribution in [0.25, 0.3) is 0 Å². The number of rotatable bonds is 6. The largest absolute Gasteiger partial charge is 0.475 e. The lowest BCUT2D eigenvalue weighted by molar-refractivity contribution is -0.137. The van der Waals surface area contributed by atoms with Gasteiger partial charge in [-0.2, -0.15) is 13.2 Å². The lowest BCUT2D eigenvalue weighted by Gasteiger charge is -2.13. The molecular formula is C16H19ClF3N5O. The van der Waals surface area contributed by atoms with Crippen LogP contribution in [0.2, 0.25) is 5.02 Å². The smallest absolute Gasteiger partial charge is 0.417 e. The normalized spacial score (nSPS) is 12.2. The van der Waals surface area contributed by atoms with Gasteiger partial charge < -0.3 is 19.9 Å². The van der Waals surface area contributed by atoms with E-state index >= 15 is 0 Å². The highest BCUT2D eigenvalue weighted by Gasteiger charge is 2.31. The fourth-order valence-electron chi connectivity index (χ4n) is 2.08. The summed E-state index contributed by atoms with van der Waals surface area (Å²) in [5.41, 5.74) is 0.186. The molecule has 2 rings (SSSR count). The number of alkyl halides is 3. The number of guanidine groups is 1. The first-order valence-electron chi connectivity index (χ1n) is 7.70. The molecule has 26 heavy (non-hydrogen) atoms. The average molecular weight is 390 g/mol. The number of aryl methyl sites for hydroxylation is 1. The SMILES string of the molecule is CN=C(NCCOc1ncc(C(F)(F)F)cc1Cl)NCc1ccn(C)c1. The van der Waals surface area contributed by atoms with E-state index in [1.807, 2.05) is 30.1 Å². The van der Waals surface area contributed by atoms with Gasteiger partial charge in [0.15, 0.2) is 5.96 Å². The van der Waals surface area contributed by atoms with E-state index in [1.54, 1.807) is 7.05 Å². The van der Waals surface area contributed by atoms with Crippen LogP contribution in [0.3, 0.4) is 0 Å². The maximum Gasteiger partial charge on any atom is 0.417 e. The van der Waals surface area contributed by atoms with Crippen LogP contribution in [0.1, 0.15) is 11.1 Å². The van der Waals surface area contributed by atoms with Crippen molar-refractivity contribution in [3.63, 3.8) is 0 Å². The Bertz CT molecular complexity index is 761. The van der Waals surface area contributed by atoms with E-state index < -0.39 is 11.7 Å². The molecule has 0 saturated heterocycles. The second-order valence-electron chi connectivity index (χ2n) is 5.39. The third kappa shape index (κ3) is 5.83. The van der Waals surface area contributed by atoms with E-state index in [-0.39, 0.29) is 17.5 Å². The Morgan fingerprint density at radius 1 is 1.38 bits per heavy atom. The lowest BCUT2D eigenvalue weighted by atomic mass is 10.3. The van der Waals surface area contributed by atoms with Gasteiger partial charge in [-0.15, -0.1) is 0 Å². The van der Waals surface area contributed by atoms with E-state index in [2.05, 4.69) is 20.6 Å². The maximum atomic E-state index is 12.6. The topological polar surface area (TPSA) is 63.5 Å². The zero-order chi connectivity index (χ0) is 19.2. The van der Waals surface area contributed by atoms with Crippen LogP contribution in [-0.4, -0.2) is 35.7 Å². The van der Waals surface area contributed by atoms with E-state index in [0.717, 1.165) is 11.6 Å². The summed E-state index contributed by atoms with van der Waals surface area (Å²) in [7, 11) is 3.57. The summed E-state index contributed by atoms with van der Waals surface area (Å²) in [6.45, 7) is 1.13. The molecule has 2 aromatic rings. The number of halogens is 4. The van der Waals surface area contributed by atoms with Gasteiger partial charge in [0.1, 0.15) is 11.6 Å². The molecule has 0 aliphatic carbocycles. The quantitative estimate of drug-likeness (QED) is 0.453. The zero-order valence-electron chi connectivity index (χ0n) is 14.3. The molecule has 0 aliphatic heterocycles. The Labute approximate surface area is 154 Å². The standard InChI is InChI=1S/C16H19ClF3N5O/c1-21-15(24-8-11-3-5-25(2)10-11)22-4-6-26-14-13(17)7-12(9-23-14)16(18,19)20/h3,5,7,9-10H,4,6,8H2,1-2H3,(H2,21,22,24). The number of hydrogen-bond donors (Lipinski definition) is 2. The molecule has 2 N–H and O–H groups in total. The highest BCUT2D eigenvalue weighted by Crippen LogP contribution is 2.32. The van der Waals surface area contributed by atoms with E-state index in [1.165, 1.54) is 0 Å². The fraction of sp³-hybridized carbons (Fsp3) is 0.375. The first kappa shape index (κ1) is 19.9. The molecule has 2 aromatic heterocycles. The number of hydrogen-bond acceptors (Lipinski definition) is 3. The molecule has 10 heteroatoms. The molecule has 0 aliphatic rings. The van der Waals surface area contributed by atoms with Gasteiger partial charge in [0.25, 0.3) is 0 Å². The Hall–Kier alpha value is -2.42. The molecule has 0 bridgehead atoms. The van der Waals surface area contributed by atoms with Gasteiger partial charge in [-0.05, 0) is 17.7 Å². The third-order valence-corrected chi connectivity index (χ3v) is 3.62. The number of ether oxygens (including phenoxy) is 1. The van der Waals surface area contributed by atoms with Crippen molar-refractivity contribution in [3.05, 3.63) is 46.9 Å². The molecule has 0 unspecified atom stereocenters. The molecule has 6 nitrogen and oxygen atoms in total. The van der Waals surface area contributed by atoms with Crippen LogP contribution in [0, 0.1) is 0 Å². The Morgan fingerprint density at radius 2 is 2.15 bits per heavy atom. The minimum atomic E-state index is -4.49. The molecule has 0 amide bonds. The maximum absolute atomic E-state index is 12.6. The minimum Gasteiger partial charge on any atom is -0.475 e. The van der Waals surface area contributed by atoms with Crippen LogP contribution < -0.4 is 15.4 Å². The summed E-state index contributed by atoms with van der Waals surface area (Å²) in [6.07, 6.45) is 0.131. The van der Waals surface area contributed by atoms with Crippen LogP contribution in [-0.2, 0) is 19.8 Å². The molecule has 0 fully saturated rings. The summed E-state index contributed by atoms with van der Waals surface area (Å²) in [6, 6.07) is 2.78. The number of nitrogens with zero attached hydrogens (tertiary/aromatic N) is 3. The van der Waals surface area contributed by atoms with Crippen molar-refractivity contribution >= 4 is 17.6 Å². The number of pyridine rings is 1. The van der Waals surface area contributed by atoms with Crippen molar-refractivity contribution in [2.45, 2.75) is 12.7 Å². The van der Waals surface area contributed by atoms with Crippen LogP contribution in [0.4, 0.5) is 13.2 Å². The third-order valence-electron chi connectivity index (χ3n) is 3.34. The second kappa shape index (κ2) is 8.79. The molecule has 142 valence electrons. The van der Waals surface area contributed by atoms with Gasteiger partial charge in [0.05, 0.1) is 12.1 Å². The highest BCUT2D eigenvalue weighted by molar-refractivity contribution is 6.31. The Balaban J connectivity index is 1.76. The highest BCUT2D eigenvalue weighted by atomic mass is 35.5. The van der Waals surface area contributed by atoms with Crippen molar-refractivity contribution in [1.82, 2.24) is 20.2 Å². The fourth-order valence-corrected chi connectivity index (χ4v) is 2.30. The van der Waals surface area contributed by atoms with Crippen molar-refractivity contribution < 1.29 is 17.9 Å². The van der Waals surface area contributed by atoms with Crippen molar-refractivity contribution in [2.75, 3.05) is 20.2 Å². The van der Waals surface area contributed by atoms with Crippen LogP contribution >= 0.6 is 11.6 Å². The minimum absolute atomic E-state index is 0.0475. The van der Waals surface area contributed by atoms with Crippen molar-refractivity contribution in [2.24, 2.45) is 12.0 Å². The van der Waals surface area contributed by atoms with Gasteiger partial charge in [0, 0.05) is 39.2 Å². The molecule has 0 atom stereocenters. The number of nitrogens with one attached hydrogen (secondary N) is 2. The first-order valence-corrected chi connectivity index (χ1v) is 8.08. The summed E-state index contributed by atoms with van der Waals surface area (Å²) >= 11 is 5.78. The predicted molar refractivity (Wildman–Crippen MR) is 93.4 cm³/mol. The monoisotopic (exact) mass is 389 g/mol. The number of aromatic nitrogens is 2. The molecule has 0 aromatic carbocycles. The lowest BCUT2D eigenvalue weighted by Crippen LogP contribution is -2.38. The summed E-state index contributed by atoms with van der Waals surface area (Å²) < 4.78 is 44.9. The summed E-state index contributed by atoms with van der Waals surface area (Å²) in [5.74, 6) is 0.526. The van der Waals surface area contributed by atoms with E-state index in [9.17, 15) is 13.2 Å². The molecular weight excluding hydrogens is 371 g/mol. The van der Waals surface area contributed by atoms with Gasteiger partial charge in [-0.1, -0.05) is 11.6 Å². The summed E-state index contributed by atoms with van der Waals surface area (Å²) in [5, 5.41) is 5.98. The summed E-state index contributed by atoms with van der Waals surface area (Å²) in [4.78, 5) is 7.69. The Kier molecular flexibility index (Phi) is 6.73. The van der Waals surface area contributed by atoms with E-state index in [4.69, 9.17) is 16.3 Å². The zero-order valence-corrected chi connectivity index (χ0v) is 15.0. The Morgan fingerprint density at radius 3 is 2.73 bits per heavy atom. The van der Waals surface area contributed by atoms with E-state index in [0.29, 0.717) is 25.2 Å². The van der Waals surface area contributed by atoms with Crippen molar-refractivity contribution in [3.8, 4) is 5.88 Å². The van der Waals surface area contributed by atoms with Gasteiger partial charge in [-0.3, -0.25) is 4.99 Å². The first-order chi connectivity index (χ1) is 12.3. The van der Waals surface area contributed by atoms with Crippen molar-refractivity contribution in [1.29, 1.82) is 0 Å². The van der Waals surface area contributed by atoms with Crippen LogP contribution in [0.5, 0.6) is 5.88 Å². The predicted octanol–water partition coefficient (Wildman–Crippen LogP) is 2.84. The van der Waals surface area contributed by atoms with Gasteiger partial charge >= 0.3 is 6.18 Å².